The van der Waals surface area contributed by atoms with E-state index in [1.54, 1.807) is 19.1 Å². The summed E-state index contributed by atoms with van der Waals surface area (Å²) >= 11 is 0. The molecule has 32 heavy (non-hydrogen) atoms. The maximum atomic E-state index is 13.2. The summed E-state index contributed by atoms with van der Waals surface area (Å²) in [6.45, 7) is 10.2. The summed E-state index contributed by atoms with van der Waals surface area (Å²) in [7, 11) is 0. The van der Waals surface area contributed by atoms with Gasteiger partial charge in [0, 0.05) is 24.2 Å². The summed E-state index contributed by atoms with van der Waals surface area (Å²) in [4.78, 5) is 19.3. The first kappa shape index (κ1) is 23.3. The number of carbonyl (C=O) groups is 1. The molecule has 0 atom stereocenters. The number of carbonyl (C=O) groups excluding carboxylic acids is 1. The molecule has 0 fully saturated rings. The molecule has 0 saturated carbocycles. The van der Waals surface area contributed by atoms with E-state index >= 15 is 0 Å². The smallest absolute Gasteiger partial charge is 0.257 e. The van der Waals surface area contributed by atoms with Crippen LogP contribution in [-0.4, -0.2) is 40.7 Å². The van der Waals surface area contributed by atoms with Crippen molar-refractivity contribution < 1.29 is 18.8 Å². The van der Waals surface area contributed by atoms with Crippen molar-refractivity contribution >= 4 is 5.91 Å². The molecular formula is C25H31N3O4. The molecule has 0 aliphatic rings. The molecule has 0 unspecified atom stereocenters. The number of hydrogen-bond acceptors (Lipinski definition) is 6. The minimum atomic E-state index is -0.0237. The van der Waals surface area contributed by atoms with Gasteiger partial charge < -0.3 is 18.9 Å². The average molecular weight is 438 g/mol. The van der Waals surface area contributed by atoms with E-state index in [2.05, 4.69) is 24.0 Å². The number of aryl methyl sites for hydroxylation is 1. The molecule has 1 amide bonds. The number of amides is 1. The minimum Gasteiger partial charge on any atom is -0.490 e. The van der Waals surface area contributed by atoms with Crippen LogP contribution in [0.25, 0.3) is 11.5 Å². The van der Waals surface area contributed by atoms with Crippen molar-refractivity contribution in [1.29, 1.82) is 0 Å². The predicted octanol–water partition coefficient (Wildman–Crippen LogP) is 5.28. The van der Waals surface area contributed by atoms with Crippen molar-refractivity contribution in [3.05, 3.63) is 59.4 Å². The molecule has 0 aliphatic heterocycles. The molecule has 1 aromatic heterocycles. The Hall–Kier alpha value is -3.35. The molecule has 7 heteroatoms. The van der Waals surface area contributed by atoms with E-state index in [9.17, 15) is 4.79 Å². The van der Waals surface area contributed by atoms with Crippen LogP contribution in [0.15, 0.2) is 47.0 Å². The van der Waals surface area contributed by atoms with E-state index in [0.717, 1.165) is 29.7 Å². The van der Waals surface area contributed by atoms with Crippen molar-refractivity contribution in [3.8, 4) is 23.0 Å². The van der Waals surface area contributed by atoms with Gasteiger partial charge in [0.15, 0.2) is 17.3 Å². The lowest BCUT2D eigenvalue weighted by Crippen LogP contribution is -2.31. The standard InChI is InChI=1S/C25H31N3O4/c1-5-14-28(17-19-8-13-22(31-15-6-2)23(16-19)30-7-3)25(29)21-11-9-20(10-12-21)24-26-18(4)27-32-24/h8-13,16H,5-7,14-15,17H2,1-4H3. The second kappa shape index (κ2) is 11.3. The minimum absolute atomic E-state index is 0.0237. The third-order valence-electron chi connectivity index (χ3n) is 4.83. The van der Waals surface area contributed by atoms with Crippen molar-refractivity contribution in [3.63, 3.8) is 0 Å². The fraction of sp³-hybridized carbons (Fsp3) is 0.400. The first-order valence-corrected chi connectivity index (χ1v) is 11.1. The monoisotopic (exact) mass is 437 g/mol. The van der Waals surface area contributed by atoms with Crippen molar-refractivity contribution in [2.75, 3.05) is 19.8 Å². The summed E-state index contributed by atoms with van der Waals surface area (Å²) in [5.74, 6) is 2.44. The maximum absolute atomic E-state index is 13.2. The highest BCUT2D eigenvalue weighted by Crippen LogP contribution is 2.29. The topological polar surface area (TPSA) is 77.7 Å². The lowest BCUT2D eigenvalue weighted by molar-refractivity contribution is 0.0743. The van der Waals surface area contributed by atoms with Crippen LogP contribution < -0.4 is 9.47 Å². The third kappa shape index (κ3) is 5.87. The lowest BCUT2D eigenvalue weighted by atomic mass is 10.1. The summed E-state index contributed by atoms with van der Waals surface area (Å²) in [5.41, 5.74) is 2.40. The number of aromatic nitrogens is 2. The van der Waals surface area contributed by atoms with Crippen molar-refractivity contribution in [1.82, 2.24) is 15.0 Å². The molecule has 3 rings (SSSR count). The average Bonchev–Trinajstić information content (AvgIpc) is 3.24. The van der Waals surface area contributed by atoms with E-state index in [1.165, 1.54) is 0 Å². The predicted molar refractivity (Wildman–Crippen MR) is 123 cm³/mol. The Morgan fingerprint density at radius 2 is 1.78 bits per heavy atom. The van der Waals surface area contributed by atoms with Crippen LogP contribution >= 0.6 is 0 Å². The van der Waals surface area contributed by atoms with E-state index in [-0.39, 0.29) is 5.91 Å². The fourth-order valence-electron chi connectivity index (χ4n) is 3.35. The summed E-state index contributed by atoms with van der Waals surface area (Å²) < 4.78 is 16.8. The van der Waals surface area contributed by atoms with Crippen LogP contribution in [0.2, 0.25) is 0 Å². The molecular weight excluding hydrogens is 406 g/mol. The van der Waals surface area contributed by atoms with Crippen LogP contribution in [0.5, 0.6) is 11.5 Å². The van der Waals surface area contributed by atoms with Gasteiger partial charge in [-0.25, -0.2) is 0 Å². The van der Waals surface area contributed by atoms with E-state index in [0.29, 0.717) is 49.3 Å². The summed E-state index contributed by atoms with van der Waals surface area (Å²) in [6, 6.07) is 13.1. The highest BCUT2D eigenvalue weighted by Gasteiger charge is 2.17. The Morgan fingerprint density at radius 1 is 1.00 bits per heavy atom. The zero-order valence-corrected chi connectivity index (χ0v) is 19.3. The van der Waals surface area contributed by atoms with Crippen LogP contribution in [0.3, 0.4) is 0 Å². The van der Waals surface area contributed by atoms with E-state index in [1.807, 2.05) is 42.2 Å². The quantitative estimate of drug-likeness (QED) is 0.406. The largest absolute Gasteiger partial charge is 0.490 e. The van der Waals surface area contributed by atoms with Crippen LogP contribution in [-0.2, 0) is 6.54 Å². The van der Waals surface area contributed by atoms with Gasteiger partial charge in [0.05, 0.1) is 13.2 Å². The van der Waals surface area contributed by atoms with Gasteiger partial charge in [-0.2, -0.15) is 4.98 Å². The molecule has 0 spiro atoms. The Bertz CT molecular complexity index is 1010. The molecule has 0 N–H and O–H groups in total. The highest BCUT2D eigenvalue weighted by molar-refractivity contribution is 5.94. The van der Waals surface area contributed by atoms with Gasteiger partial charge in [-0.05, 0) is 68.7 Å². The van der Waals surface area contributed by atoms with Gasteiger partial charge in [-0.15, -0.1) is 0 Å². The molecule has 170 valence electrons. The Kier molecular flexibility index (Phi) is 8.25. The summed E-state index contributed by atoms with van der Waals surface area (Å²) in [5, 5.41) is 3.81. The summed E-state index contributed by atoms with van der Waals surface area (Å²) in [6.07, 6.45) is 1.79. The van der Waals surface area contributed by atoms with Gasteiger partial charge >= 0.3 is 0 Å². The number of ether oxygens (including phenoxy) is 2. The molecule has 3 aromatic rings. The first-order valence-electron chi connectivity index (χ1n) is 11.1. The van der Waals surface area contributed by atoms with Gasteiger partial charge in [0.1, 0.15) is 0 Å². The number of rotatable bonds is 11. The lowest BCUT2D eigenvalue weighted by Gasteiger charge is -2.23. The number of nitrogens with zero attached hydrogens (tertiary/aromatic N) is 3. The fourth-order valence-corrected chi connectivity index (χ4v) is 3.35. The Balaban J connectivity index is 1.77. The second-order valence-electron chi connectivity index (χ2n) is 7.51. The van der Waals surface area contributed by atoms with Gasteiger partial charge in [0.25, 0.3) is 11.8 Å². The normalized spacial score (nSPS) is 10.8. The zero-order valence-electron chi connectivity index (χ0n) is 19.3. The molecule has 2 aromatic carbocycles. The Labute approximate surface area is 189 Å². The van der Waals surface area contributed by atoms with Crippen LogP contribution in [0.1, 0.15) is 55.4 Å². The van der Waals surface area contributed by atoms with Gasteiger partial charge in [0.2, 0.25) is 0 Å². The SMILES string of the molecule is CCCOc1ccc(CN(CCC)C(=O)c2ccc(-c3nc(C)no3)cc2)cc1OCC. The first-order chi connectivity index (χ1) is 15.5. The third-order valence-corrected chi connectivity index (χ3v) is 4.83. The molecule has 1 heterocycles. The number of benzene rings is 2. The van der Waals surface area contributed by atoms with Crippen LogP contribution in [0, 0.1) is 6.92 Å². The molecule has 7 nitrogen and oxygen atoms in total. The van der Waals surface area contributed by atoms with Gasteiger partial charge in [-0.1, -0.05) is 25.1 Å². The zero-order chi connectivity index (χ0) is 22.9. The van der Waals surface area contributed by atoms with E-state index in [4.69, 9.17) is 14.0 Å². The van der Waals surface area contributed by atoms with Crippen molar-refractivity contribution in [2.45, 2.75) is 47.1 Å². The maximum Gasteiger partial charge on any atom is 0.257 e. The number of hydrogen-bond donors (Lipinski definition) is 0. The molecule has 0 radical (unpaired) electrons. The molecule has 0 bridgehead atoms. The van der Waals surface area contributed by atoms with Crippen LogP contribution in [0.4, 0.5) is 0 Å². The second-order valence-corrected chi connectivity index (χ2v) is 7.51. The van der Waals surface area contributed by atoms with Gasteiger partial charge in [-0.3, -0.25) is 4.79 Å². The molecule has 0 saturated heterocycles. The Morgan fingerprint density at radius 3 is 2.41 bits per heavy atom. The highest BCUT2D eigenvalue weighted by atomic mass is 16.5. The van der Waals surface area contributed by atoms with E-state index < -0.39 is 0 Å². The van der Waals surface area contributed by atoms with Crippen molar-refractivity contribution in [2.24, 2.45) is 0 Å². The molecule has 0 aliphatic carbocycles.